The number of nitrogens with one attached hydrogen (secondary N) is 2. The van der Waals surface area contributed by atoms with Crippen LogP contribution in [0.15, 0.2) is 29.2 Å². The van der Waals surface area contributed by atoms with E-state index in [1.807, 2.05) is 0 Å². The lowest BCUT2D eigenvalue weighted by molar-refractivity contribution is 0.523. The molecule has 2 rings (SSSR count). The molecule has 0 aromatic heterocycles. The van der Waals surface area contributed by atoms with Gasteiger partial charge in [0.15, 0.2) is 0 Å². The van der Waals surface area contributed by atoms with Crippen molar-refractivity contribution in [1.29, 1.82) is 0 Å². The summed E-state index contributed by atoms with van der Waals surface area (Å²) in [6.07, 6.45) is 6.00. The molecule has 1 aliphatic heterocycles. The van der Waals surface area contributed by atoms with Crippen LogP contribution < -0.4 is 10.6 Å². The van der Waals surface area contributed by atoms with Gasteiger partial charge in [0, 0.05) is 22.7 Å². The Labute approximate surface area is 109 Å². The highest BCUT2D eigenvalue weighted by Crippen LogP contribution is 2.26. The molecule has 0 radical (unpaired) electrons. The first kappa shape index (κ1) is 12.8. The highest BCUT2D eigenvalue weighted by atomic mass is 32.2. The van der Waals surface area contributed by atoms with Gasteiger partial charge in [-0.05, 0) is 51.1 Å². The van der Waals surface area contributed by atoms with Gasteiger partial charge in [0.25, 0.3) is 0 Å². The van der Waals surface area contributed by atoms with E-state index in [4.69, 9.17) is 0 Å². The first-order valence-corrected chi connectivity index (χ1v) is 7.65. The summed E-state index contributed by atoms with van der Waals surface area (Å²) in [6, 6.07) is 9.78. The smallest absolute Gasteiger partial charge is 0.0480 e. The number of benzene rings is 1. The van der Waals surface area contributed by atoms with E-state index in [1.54, 1.807) is 11.8 Å². The van der Waals surface area contributed by atoms with Gasteiger partial charge < -0.3 is 10.6 Å². The zero-order valence-electron chi connectivity index (χ0n) is 10.7. The minimum Gasteiger partial charge on any atom is -0.382 e. The van der Waals surface area contributed by atoms with Crippen LogP contribution in [0.4, 0.5) is 5.69 Å². The Hall–Kier alpha value is -0.670. The Morgan fingerprint density at radius 1 is 1.47 bits per heavy atom. The summed E-state index contributed by atoms with van der Waals surface area (Å²) in [6.45, 7) is 3.47. The zero-order valence-corrected chi connectivity index (χ0v) is 11.5. The van der Waals surface area contributed by atoms with Crippen LogP contribution in [0.1, 0.15) is 26.2 Å². The van der Waals surface area contributed by atoms with E-state index in [1.165, 1.54) is 36.4 Å². The molecule has 94 valence electrons. The number of hydrogen-bond donors (Lipinski definition) is 2. The van der Waals surface area contributed by atoms with Crippen LogP contribution in [0.3, 0.4) is 0 Å². The number of anilines is 1. The van der Waals surface area contributed by atoms with E-state index in [0.717, 1.165) is 0 Å². The van der Waals surface area contributed by atoms with E-state index >= 15 is 0 Å². The SMILES string of the molecule is CSc1ccccc1NC(C)CC1CCCN1. The van der Waals surface area contributed by atoms with E-state index in [0.29, 0.717) is 12.1 Å². The normalized spacial score (nSPS) is 21.4. The van der Waals surface area contributed by atoms with Crippen molar-refractivity contribution in [1.82, 2.24) is 5.32 Å². The van der Waals surface area contributed by atoms with E-state index in [2.05, 4.69) is 48.1 Å². The second-order valence-corrected chi connectivity index (χ2v) is 5.62. The van der Waals surface area contributed by atoms with Crippen LogP contribution in [0, 0.1) is 0 Å². The van der Waals surface area contributed by atoms with Crippen LogP contribution in [-0.4, -0.2) is 24.9 Å². The Balaban J connectivity index is 1.90. The molecule has 2 unspecified atom stereocenters. The molecule has 1 aliphatic rings. The van der Waals surface area contributed by atoms with Crippen LogP contribution in [0.2, 0.25) is 0 Å². The third-order valence-electron chi connectivity index (χ3n) is 3.31. The maximum Gasteiger partial charge on any atom is 0.0480 e. The van der Waals surface area contributed by atoms with Crippen LogP contribution in [-0.2, 0) is 0 Å². The summed E-state index contributed by atoms with van der Waals surface area (Å²) in [7, 11) is 0. The predicted octanol–water partition coefficient (Wildman–Crippen LogP) is 3.35. The third-order valence-corrected chi connectivity index (χ3v) is 4.11. The van der Waals surface area contributed by atoms with Gasteiger partial charge >= 0.3 is 0 Å². The molecule has 0 bridgehead atoms. The molecule has 1 saturated heterocycles. The first-order chi connectivity index (χ1) is 8.29. The minimum atomic E-state index is 0.527. The Bertz CT molecular complexity index is 348. The van der Waals surface area contributed by atoms with Gasteiger partial charge in [0.2, 0.25) is 0 Å². The van der Waals surface area contributed by atoms with E-state index in [-0.39, 0.29) is 0 Å². The standard InChI is InChI=1S/C14H22N2S/c1-11(10-12-6-5-9-15-12)16-13-7-3-4-8-14(13)17-2/h3-4,7-8,11-12,15-16H,5-6,9-10H2,1-2H3. The fraction of sp³-hybridized carbons (Fsp3) is 0.571. The maximum atomic E-state index is 3.63. The lowest BCUT2D eigenvalue weighted by Gasteiger charge is -2.20. The van der Waals surface area contributed by atoms with Gasteiger partial charge in [-0.15, -0.1) is 11.8 Å². The zero-order chi connectivity index (χ0) is 12.1. The molecule has 1 aromatic rings. The monoisotopic (exact) mass is 250 g/mol. The quantitative estimate of drug-likeness (QED) is 0.784. The lowest BCUT2D eigenvalue weighted by Crippen LogP contribution is -2.29. The largest absolute Gasteiger partial charge is 0.382 e. The minimum absolute atomic E-state index is 0.527. The Morgan fingerprint density at radius 3 is 3.00 bits per heavy atom. The number of thioether (sulfide) groups is 1. The molecule has 1 aromatic carbocycles. The number of hydrogen-bond acceptors (Lipinski definition) is 3. The summed E-state index contributed by atoms with van der Waals surface area (Å²) in [5.74, 6) is 0. The summed E-state index contributed by atoms with van der Waals surface area (Å²) >= 11 is 1.80. The van der Waals surface area contributed by atoms with E-state index in [9.17, 15) is 0 Å². The molecule has 1 heterocycles. The van der Waals surface area contributed by atoms with Crippen molar-refractivity contribution >= 4 is 17.4 Å². The summed E-state index contributed by atoms with van der Waals surface area (Å²) < 4.78 is 0. The molecular weight excluding hydrogens is 228 g/mol. The fourth-order valence-electron chi connectivity index (χ4n) is 2.47. The van der Waals surface area contributed by atoms with Crippen molar-refractivity contribution in [3.63, 3.8) is 0 Å². The van der Waals surface area contributed by atoms with Gasteiger partial charge in [-0.2, -0.15) is 0 Å². The average molecular weight is 250 g/mol. The predicted molar refractivity (Wildman–Crippen MR) is 76.9 cm³/mol. The van der Waals surface area contributed by atoms with Gasteiger partial charge in [0.05, 0.1) is 0 Å². The third kappa shape index (κ3) is 3.65. The summed E-state index contributed by atoms with van der Waals surface area (Å²) in [5, 5.41) is 7.18. The molecule has 0 spiro atoms. The fourth-order valence-corrected chi connectivity index (χ4v) is 3.03. The molecule has 2 atom stereocenters. The molecule has 2 N–H and O–H groups in total. The first-order valence-electron chi connectivity index (χ1n) is 6.42. The highest BCUT2D eigenvalue weighted by molar-refractivity contribution is 7.98. The van der Waals surface area contributed by atoms with Crippen molar-refractivity contribution in [2.45, 2.75) is 43.2 Å². The summed E-state index contributed by atoms with van der Waals surface area (Å²) in [5.41, 5.74) is 1.27. The number of rotatable bonds is 5. The molecule has 0 aliphatic carbocycles. The summed E-state index contributed by atoms with van der Waals surface area (Å²) in [4.78, 5) is 1.33. The lowest BCUT2D eigenvalue weighted by atomic mass is 10.1. The second kappa shape index (κ2) is 6.31. The van der Waals surface area contributed by atoms with Crippen molar-refractivity contribution in [3.8, 4) is 0 Å². The van der Waals surface area contributed by atoms with Gasteiger partial charge in [-0.25, -0.2) is 0 Å². The average Bonchev–Trinajstić information content (AvgIpc) is 2.82. The molecule has 0 amide bonds. The van der Waals surface area contributed by atoms with Gasteiger partial charge in [-0.3, -0.25) is 0 Å². The van der Waals surface area contributed by atoms with Crippen molar-refractivity contribution in [3.05, 3.63) is 24.3 Å². The molecule has 3 heteroatoms. The number of para-hydroxylation sites is 1. The Morgan fingerprint density at radius 2 is 2.29 bits per heavy atom. The molecule has 17 heavy (non-hydrogen) atoms. The Kier molecular flexibility index (Phi) is 4.75. The van der Waals surface area contributed by atoms with Crippen LogP contribution in [0.5, 0.6) is 0 Å². The van der Waals surface area contributed by atoms with Crippen molar-refractivity contribution in [2.75, 3.05) is 18.1 Å². The van der Waals surface area contributed by atoms with Crippen molar-refractivity contribution < 1.29 is 0 Å². The van der Waals surface area contributed by atoms with Crippen LogP contribution >= 0.6 is 11.8 Å². The highest BCUT2D eigenvalue weighted by Gasteiger charge is 2.17. The van der Waals surface area contributed by atoms with E-state index < -0.39 is 0 Å². The molecular formula is C14H22N2S. The molecule has 2 nitrogen and oxygen atoms in total. The molecule has 0 saturated carbocycles. The second-order valence-electron chi connectivity index (χ2n) is 4.77. The van der Waals surface area contributed by atoms with Crippen molar-refractivity contribution in [2.24, 2.45) is 0 Å². The van der Waals surface area contributed by atoms with Gasteiger partial charge in [0.1, 0.15) is 0 Å². The topological polar surface area (TPSA) is 24.1 Å². The maximum absolute atomic E-state index is 3.63. The van der Waals surface area contributed by atoms with Gasteiger partial charge in [-0.1, -0.05) is 12.1 Å². The van der Waals surface area contributed by atoms with Crippen LogP contribution in [0.25, 0.3) is 0 Å². The molecule has 1 fully saturated rings.